The van der Waals surface area contributed by atoms with Crippen molar-refractivity contribution in [3.8, 4) is 5.75 Å². The van der Waals surface area contributed by atoms with Gasteiger partial charge >= 0.3 is 0 Å². The van der Waals surface area contributed by atoms with Gasteiger partial charge in [-0.2, -0.15) is 0 Å². The minimum Gasteiger partial charge on any atom is -0.494 e. The molecule has 2 aliphatic rings. The fourth-order valence-corrected chi connectivity index (χ4v) is 3.86. The normalized spacial score (nSPS) is 21.4. The van der Waals surface area contributed by atoms with Gasteiger partial charge in [-0.15, -0.1) is 12.4 Å². The zero-order valence-corrected chi connectivity index (χ0v) is 14.1. The van der Waals surface area contributed by atoms with Crippen molar-refractivity contribution in [3.05, 3.63) is 29.6 Å². The molecule has 0 aromatic heterocycles. The Labute approximate surface area is 138 Å². The molecular weight excluding hydrogens is 303 g/mol. The number of benzene rings is 1. The maximum Gasteiger partial charge on any atom is 0.165 e. The van der Waals surface area contributed by atoms with Crippen LogP contribution in [0.3, 0.4) is 0 Å². The quantitative estimate of drug-likeness (QED) is 0.920. The molecule has 0 radical (unpaired) electrons. The second kappa shape index (κ2) is 7.62. The Balaban J connectivity index is 0.00000176. The third-order valence-electron chi connectivity index (χ3n) is 5.06. The Hall–Kier alpha value is -0.840. The standard InChI is InChI=1S/C17H25FN2O.ClH/c1-21-16-6-5-14(11-15(16)18)12-20-10-9-19-13-17(20)7-3-2-4-8-17;/h5-6,11,19H,2-4,7-10,12-13H2,1H3;1H. The van der Waals surface area contributed by atoms with Gasteiger partial charge in [-0.25, -0.2) is 4.39 Å². The van der Waals surface area contributed by atoms with E-state index in [4.69, 9.17) is 4.74 Å². The lowest BCUT2D eigenvalue weighted by Gasteiger charge is -2.50. The van der Waals surface area contributed by atoms with Crippen LogP contribution in [0.4, 0.5) is 4.39 Å². The maximum atomic E-state index is 13.9. The summed E-state index contributed by atoms with van der Waals surface area (Å²) < 4.78 is 18.9. The first kappa shape index (κ1) is 17.5. The molecule has 0 bridgehead atoms. The van der Waals surface area contributed by atoms with Crippen LogP contribution < -0.4 is 10.1 Å². The second-order valence-electron chi connectivity index (χ2n) is 6.35. The molecule has 1 spiro atoms. The molecule has 0 unspecified atom stereocenters. The van der Waals surface area contributed by atoms with Crippen LogP contribution in [-0.4, -0.2) is 37.2 Å². The summed E-state index contributed by atoms with van der Waals surface area (Å²) in [7, 11) is 1.51. The molecule has 1 aliphatic heterocycles. The van der Waals surface area contributed by atoms with Crippen LogP contribution in [0.1, 0.15) is 37.7 Å². The number of hydrogen-bond donors (Lipinski definition) is 1. The van der Waals surface area contributed by atoms with E-state index < -0.39 is 0 Å². The fraction of sp³-hybridized carbons (Fsp3) is 0.647. The monoisotopic (exact) mass is 328 g/mol. The average molecular weight is 329 g/mol. The number of piperazine rings is 1. The molecule has 2 fully saturated rings. The largest absolute Gasteiger partial charge is 0.494 e. The van der Waals surface area contributed by atoms with Gasteiger partial charge in [-0.1, -0.05) is 25.3 Å². The van der Waals surface area contributed by atoms with Crippen molar-refractivity contribution in [2.75, 3.05) is 26.7 Å². The van der Waals surface area contributed by atoms with Crippen LogP contribution in [0.2, 0.25) is 0 Å². The summed E-state index contributed by atoms with van der Waals surface area (Å²) in [6.45, 7) is 3.99. The van der Waals surface area contributed by atoms with E-state index in [0.717, 1.165) is 31.7 Å². The minimum atomic E-state index is -0.261. The lowest BCUT2D eigenvalue weighted by atomic mass is 9.79. The van der Waals surface area contributed by atoms with Crippen molar-refractivity contribution in [2.45, 2.75) is 44.2 Å². The van der Waals surface area contributed by atoms with Crippen LogP contribution in [0.5, 0.6) is 5.75 Å². The third-order valence-corrected chi connectivity index (χ3v) is 5.06. The van der Waals surface area contributed by atoms with Crippen molar-refractivity contribution in [2.24, 2.45) is 0 Å². The van der Waals surface area contributed by atoms with Gasteiger partial charge in [0.1, 0.15) is 0 Å². The molecule has 1 saturated heterocycles. The number of ether oxygens (including phenoxy) is 1. The molecule has 1 aromatic rings. The third kappa shape index (κ3) is 3.55. The molecule has 0 amide bonds. The Morgan fingerprint density at radius 1 is 1.27 bits per heavy atom. The highest BCUT2D eigenvalue weighted by molar-refractivity contribution is 5.85. The summed E-state index contributed by atoms with van der Waals surface area (Å²) in [6.07, 6.45) is 6.51. The summed E-state index contributed by atoms with van der Waals surface area (Å²) in [5.74, 6) is 0.0641. The van der Waals surface area contributed by atoms with E-state index in [9.17, 15) is 4.39 Å². The van der Waals surface area contributed by atoms with Crippen LogP contribution in [0, 0.1) is 5.82 Å². The van der Waals surface area contributed by atoms with Gasteiger partial charge in [-0.05, 0) is 30.5 Å². The molecule has 1 aromatic carbocycles. The van der Waals surface area contributed by atoms with Gasteiger partial charge in [0.2, 0.25) is 0 Å². The van der Waals surface area contributed by atoms with Crippen molar-refractivity contribution < 1.29 is 9.13 Å². The predicted molar refractivity (Wildman–Crippen MR) is 89.3 cm³/mol. The van der Waals surface area contributed by atoms with E-state index in [0.29, 0.717) is 5.75 Å². The molecule has 3 nitrogen and oxygen atoms in total. The Kier molecular flexibility index (Phi) is 6.07. The number of halogens is 2. The molecule has 5 heteroatoms. The van der Waals surface area contributed by atoms with Crippen molar-refractivity contribution in [1.82, 2.24) is 10.2 Å². The van der Waals surface area contributed by atoms with Crippen LogP contribution in [-0.2, 0) is 6.54 Å². The summed E-state index contributed by atoms with van der Waals surface area (Å²) in [6, 6.07) is 5.35. The Bertz CT molecular complexity index is 483. The predicted octanol–water partition coefficient (Wildman–Crippen LogP) is 3.36. The number of nitrogens with zero attached hydrogens (tertiary/aromatic N) is 1. The first-order chi connectivity index (χ1) is 10.2. The zero-order valence-electron chi connectivity index (χ0n) is 13.2. The summed E-state index contributed by atoms with van der Waals surface area (Å²) in [4.78, 5) is 2.57. The number of hydrogen-bond acceptors (Lipinski definition) is 3. The van der Waals surface area contributed by atoms with Gasteiger partial charge in [-0.3, -0.25) is 4.90 Å². The summed E-state index contributed by atoms with van der Waals surface area (Å²) in [5, 5.41) is 3.55. The smallest absolute Gasteiger partial charge is 0.165 e. The zero-order chi connectivity index (χ0) is 14.7. The van der Waals surface area contributed by atoms with Crippen LogP contribution >= 0.6 is 12.4 Å². The summed E-state index contributed by atoms with van der Waals surface area (Å²) >= 11 is 0. The highest BCUT2D eigenvalue weighted by Gasteiger charge is 2.39. The number of nitrogens with one attached hydrogen (secondary N) is 1. The average Bonchev–Trinajstić information content (AvgIpc) is 2.51. The van der Waals surface area contributed by atoms with Crippen molar-refractivity contribution in [1.29, 1.82) is 0 Å². The first-order valence-electron chi connectivity index (χ1n) is 8.02. The topological polar surface area (TPSA) is 24.5 Å². The van der Waals surface area contributed by atoms with Crippen LogP contribution in [0.25, 0.3) is 0 Å². The minimum absolute atomic E-state index is 0. The maximum absolute atomic E-state index is 13.9. The van der Waals surface area contributed by atoms with Crippen molar-refractivity contribution >= 4 is 12.4 Å². The van der Waals surface area contributed by atoms with E-state index in [1.165, 1.54) is 39.2 Å². The molecule has 3 rings (SSSR count). The molecule has 0 atom stereocenters. The molecule has 22 heavy (non-hydrogen) atoms. The fourth-order valence-electron chi connectivity index (χ4n) is 3.86. The van der Waals surface area contributed by atoms with E-state index in [-0.39, 0.29) is 23.8 Å². The lowest BCUT2D eigenvalue weighted by molar-refractivity contribution is 0.0208. The highest BCUT2D eigenvalue weighted by atomic mass is 35.5. The molecule has 1 aliphatic carbocycles. The van der Waals surface area contributed by atoms with E-state index in [1.54, 1.807) is 12.1 Å². The second-order valence-corrected chi connectivity index (χ2v) is 6.35. The lowest BCUT2D eigenvalue weighted by Crippen LogP contribution is -2.61. The Morgan fingerprint density at radius 3 is 2.73 bits per heavy atom. The molecule has 1 saturated carbocycles. The SMILES string of the molecule is COc1ccc(CN2CCNCC23CCCCC3)cc1F.Cl. The highest BCUT2D eigenvalue weighted by Crippen LogP contribution is 2.35. The van der Waals surface area contributed by atoms with E-state index in [2.05, 4.69) is 10.2 Å². The molecule has 1 heterocycles. The Morgan fingerprint density at radius 2 is 2.05 bits per heavy atom. The molecule has 1 N–H and O–H groups in total. The van der Waals surface area contributed by atoms with Gasteiger partial charge in [0.15, 0.2) is 11.6 Å². The molecular formula is C17H26ClFN2O. The van der Waals surface area contributed by atoms with Gasteiger partial charge in [0.05, 0.1) is 7.11 Å². The van der Waals surface area contributed by atoms with E-state index in [1.807, 2.05) is 6.07 Å². The van der Waals surface area contributed by atoms with Crippen LogP contribution in [0.15, 0.2) is 18.2 Å². The number of rotatable bonds is 3. The van der Waals surface area contributed by atoms with E-state index >= 15 is 0 Å². The first-order valence-corrected chi connectivity index (χ1v) is 8.02. The summed E-state index contributed by atoms with van der Waals surface area (Å²) in [5.41, 5.74) is 1.33. The van der Waals surface area contributed by atoms with Gasteiger partial charge in [0, 0.05) is 31.7 Å². The van der Waals surface area contributed by atoms with Gasteiger partial charge < -0.3 is 10.1 Å². The molecule has 124 valence electrons. The number of methoxy groups -OCH3 is 1. The van der Waals surface area contributed by atoms with Crippen molar-refractivity contribution in [3.63, 3.8) is 0 Å². The van der Waals surface area contributed by atoms with Gasteiger partial charge in [0.25, 0.3) is 0 Å².